The lowest BCUT2D eigenvalue weighted by Gasteiger charge is -2.34. The molecule has 1 aliphatic heterocycles. The van der Waals surface area contributed by atoms with Crippen LogP contribution in [0.25, 0.3) is 0 Å². The molecule has 29 heavy (non-hydrogen) atoms. The third-order valence-electron chi connectivity index (χ3n) is 5.02. The molecule has 0 radical (unpaired) electrons. The van der Waals surface area contributed by atoms with Gasteiger partial charge in [-0.1, -0.05) is 26.8 Å². The predicted octanol–water partition coefficient (Wildman–Crippen LogP) is 1.00. The molecule has 0 aliphatic carbocycles. The Hall–Kier alpha value is -1.97. The van der Waals surface area contributed by atoms with E-state index in [2.05, 4.69) is 5.32 Å². The van der Waals surface area contributed by atoms with Gasteiger partial charge >= 0.3 is 0 Å². The number of nitrogens with zero attached hydrogens (tertiary/aromatic N) is 3. The number of carbonyl (C=O) groups excluding carboxylic acids is 2. The monoisotopic (exact) mass is 424 g/mol. The summed E-state index contributed by atoms with van der Waals surface area (Å²) < 4.78 is 26.8. The fourth-order valence-electron chi connectivity index (χ4n) is 3.32. The predicted molar refractivity (Wildman–Crippen MR) is 112 cm³/mol. The first-order valence-corrected chi connectivity index (χ1v) is 11.7. The summed E-state index contributed by atoms with van der Waals surface area (Å²) >= 11 is 0. The molecular weight excluding hydrogens is 392 g/mol. The van der Waals surface area contributed by atoms with Crippen molar-refractivity contribution in [3.63, 3.8) is 0 Å². The van der Waals surface area contributed by atoms with Crippen LogP contribution in [0.2, 0.25) is 0 Å². The van der Waals surface area contributed by atoms with Gasteiger partial charge in [-0.05, 0) is 24.6 Å². The van der Waals surface area contributed by atoms with Gasteiger partial charge in [0.25, 0.3) is 5.91 Å². The molecule has 0 aromatic heterocycles. The third-order valence-corrected chi connectivity index (χ3v) is 7.07. The van der Waals surface area contributed by atoms with E-state index in [0.29, 0.717) is 57.9 Å². The number of benzene rings is 1. The van der Waals surface area contributed by atoms with Crippen molar-refractivity contribution < 1.29 is 18.0 Å². The van der Waals surface area contributed by atoms with E-state index >= 15 is 0 Å². The second-order valence-electron chi connectivity index (χ2n) is 7.04. The van der Waals surface area contributed by atoms with Crippen LogP contribution >= 0.6 is 0 Å². The number of nitrogens with one attached hydrogen (secondary N) is 1. The number of piperazine rings is 1. The van der Waals surface area contributed by atoms with Gasteiger partial charge in [0.05, 0.1) is 11.4 Å². The topological polar surface area (TPSA) is 90.0 Å². The number of amides is 2. The zero-order valence-corrected chi connectivity index (χ0v) is 18.4. The van der Waals surface area contributed by atoms with Crippen LogP contribution in [0.5, 0.6) is 0 Å². The zero-order valence-electron chi connectivity index (χ0n) is 17.6. The number of hydrogen-bond donors (Lipinski definition) is 1. The SMILES string of the molecule is CCCNC(=O)CN1CCN(C(=O)c2cccc(S(=O)(=O)N(CC)CC)c2)CC1. The van der Waals surface area contributed by atoms with Crippen molar-refractivity contribution in [2.75, 3.05) is 52.4 Å². The van der Waals surface area contributed by atoms with Crippen LogP contribution in [0.15, 0.2) is 29.2 Å². The summed E-state index contributed by atoms with van der Waals surface area (Å²) in [5, 5.41) is 2.86. The normalized spacial score (nSPS) is 15.5. The van der Waals surface area contributed by atoms with Gasteiger partial charge in [0, 0.05) is 51.4 Å². The highest BCUT2D eigenvalue weighted by Crippen LogP contribution is 2.18. The fourth-order valence-corrected chi connectivity index (χ4v) is 4.82. The summed E-state index contributed by atoms with van der Waals surface area (Å²) in [5.74, 6) is -0.183. The molecule has 0 bridgehead atoms. The highest BCUT2D eigenvalue weighted by atomic mass is 32.2. The summed E-state index contributed by atoms with van der Waals surface area (Å²) in [6.45, 7) is 9.59. The average molecular weight is 425 g/mol. The zero-order chi connectivity index (χ0) is 21.4. The highest BCUT2D eigenvalue weighted by Gasteiger charge is 2.26. The minimum atomic E-state index is -3.61. The molecule has 0 unspecified atom stereocenters. The molecule has 0 spiro atoms. The van der Waals surface area contributed by atoms with E-state index in [0.717, 1.165) is 6.42 Å². The Bertz CT molecular complexity index is 800. The summed E-state index contributed by atoms with van der Waals surface area (Å²) in [6.07, 6.45) is 0.900. The Morgan fingerprint density at radius 3 is 2.31 bits per heavy atom. The van der Waals surface area contributed by atoms with Crippen molar-refractivity contribution in [2.24, 2.45) is 0 Å². The minimum Gasteiger partial charge on any atom is -0.355 e. The van der Waals surface area contributed by atoms with Gasteiger partial charge in [-0.2, -0.15) is 4.31 Å². The second-order valence-corrected chi connectivity index (χ2v) is 8.97. The van der Waals surface area contributed by atoms with Gasteiger partial charge in [-0.15, -0.1) is 0 Å². The van der Waals surface area contributed by atoms with Crippen molar-refractivity contribution in [2.45, 2.75) is 32.1 Å². The maximum absolute atomic E-state index is 12.9. The average Bonchev–Trinajstić information content (AvgIpc) is 2.73. The lowest BCUT2D eigenvalue weighted by atomic mass is 10.2. The molecule has 0 saturated carbocycles. The molecule has 162 valence electrons. The fraction of sp³-hybridized carbons (Fsp3) is 0.600. The number of rotatable bonds is 9. The molecule has 8 nitrogen and oxygen atoms in total. The quantitative estimate of drug-likeness (QED) is 0.639. The number of carbonyl (C=O) groups is 2. The van der Waals surface area contributed by atoms with Crippen LogP contribution in [-0.2, 0) is 14.8 Å². The summed E-state index contributed by atoms with van der Waals surface area (Å²) in [7, 11) is -3.61. The summed E-state index contributed by atoms with van der Waals surface area (Å²) in [6, 6.07) is 6.24. The van der Waals surface area contributed by atoms with Crippen molar-refractivity contribution >= 4 is 21.8 Å². The van der Waals surface area contributed by atoms with Crippen LogP contribution in [0.4, 0.5) is 0 Å². The maximum Gasteiger partial charge on any atom is 0.253 e. The van der Waals surface area contributed by atoms with Crippen LogP contribution in [0.1, 0.15) is 37.6 Å². The van der Waals surface area contributed by atoms with Gasteiger partial charge in [0.2, 0.25) is 15.9 Å². The van der Waals surface area contributed by atoms with Crippen LogP contribution < -0.4 is 5.32 Å². The van der Waals surface area contributed by atoms with E-state index in [1.54, 1.807) is 30.9 Å². The van der Waals surface area contributed by atoms with E-state index < -0.39 is 10.0 Å². The lowest BCUT2D eigenvalue weighted by molar-refractivity contribution is -0.122. The van der Waals surface area contributed by atoms with Crippen LogP contribution in [0, 0.1) is 0 Å². The van der Waals surface area contributed by atoms with E-state index in [1.807, 2.05) is 11.8 Å². The Morgan fingerprint density at radius 2 is 1.72 bits per heavy atom. The highest BCUT2D eigenvalue weighted by molar-refractivity contribution is 7.89. The molecule has 1 heterocycles. The largest absolute Gasteiger partial charge is 0.355 e. The molecular formula is C20H32N4O4S. The van der Waals surface area contributed by atoms with Crippen molar-refractivity contribution in [1.82, 2.24) is 19.4 Å². The Labute approximate surface area is 173 Å². The lowest BCUT2D eigenvalue weighted by Crippen LogP contribution is -2.51. The number of hydrogen-bond acceptors (Lipinski definition) is 5. The summed E-state index contributed by atoms with van der Waals surface area (Å²) in [5.41, 5.74) is 0.368. The molecule has 9 heteroatoms. The first-order chi connectivity index (χ1) is 13.8. The molecule has 0 atom stereocenters. The molecule has 1 N–H and O–H groups in total. The van der Waals surface area contributed by atoms with Crippen molar-refractivity contribution in [3.8, 4) is 0 Å². The van der Waals surface area contributed by atoms with Crippen LogP contribution in [-0.4, -0.2) is 86.7 Å². The van der Waals surface area contributed by atoms with E-state index in [1.165, 1.54) is 16.4 Å². The van der Waals surface area contributed by atoms with Gasteiger partial charge < -0.3 is 10.2 Å². The standard InChI is InChI=1S/C20H32N4O4S/c1-4-10-21-19(25)16-22-11-13-23(14-12-22)20(26)17-8-7-9-18(15-17)29(27,28)24(5-2)6-3/h7-9,15H,4-6,10-14,16H2,1-3H3,(H,21,25). The third kappa shape index (κ3) is 6.01. The van der Waals surface area contributed by atoms with E-state index in [4.69, 9.17) is 0 Å². The van der Waals surface area contributed by atoms with Crippen molar-refractivity contribution in [1.29, 1.82) is 0 Å². The van der Waals surface area contributed by atoms with Gasteiger partial charge in [-0.3, -0.25) is 14.5 Å². The van der Waals surface area contributed by atoms with Gasteiger partial charge in [0.15, 0.2) is 0 Å². The number of sulfonamides is 1. The molecule has 2 amide bonds. The minimum absolute atomic E-state index is 0.000867. The second kappa shape index (κ2) is 10.7. The molecule has 2 rings (SSSR count). The smallest absolute Gasteiger partial charge is 0.253 e. The van der Waals surface area contributed by atoms with Gasteiger partial charge in [-0.25, -0.2) is 8.42 Å². The Morgan fingerprint density at radius 1 is 1.07 bits per heavy atom. The van der Waals surface area contributed by atoms with E-state index in [-0.39, 0.29) is 16.7 Å². The molecule has 1 aliphatic rings. The molecule has 1 aromatic carbocycles. The molecule has 1 saturated heterocycles. The first-order valence-electron chi connectivity index (χ1n) is 10.2. The molecule has 1 aromatic rings. The first kappa shape index (κ1) is 23.3. The summed E-state index contributed by atoms with van der Waals surface area (Å²) in [4.78, 5) is 28.6. The maximum atomic E-state index is 12.9. The van der Waals surface area contributed by atoms with Gasteiger partial charge in [0.1, 0.15) is 0 Å². The van der Waals surface area contributed by atoms with E-state index in [9.17, 15) is 18.0 Å². The van der Waals surface area contributed by atoms with Crippen molar-refractivity contribution in [3.05, 3.63) is 29.8 Å². The van der Waals surface area contributed by atoms with Crippen LogP contribution in [0.3, 0.4) is 0 Å². The Kier molecular flexibility index (Phi) is 8.60. The Balaban J connectivity index is 2.01. The molecule has 1 fully saturated rings.